The molecule has 0 spiro atoms. The van der Waals surface area contributed by atoms with E-state index in [0.29, 0.717) is 5.92 Å². The first kappa shape index (κ1) is 8.38. The molecule has 0 radical (unpaired) electrons. The largest absolute Gasteiger partial charge is 0.400 e. The maximum absolute atomic E-state index is 9.08. The lowest BCUT2D eigenvalue weighted by molar-refractivity contribution is 0.258. The van der Waals surface area contributed by atoms with Gasteiger partial charge < -0.3 is 15.7 Å². The normalized spacial score (nSPS) is 31.4. The van der Waals surface area contributed by atoms with Gasteiger partial charge in [0, 0.05) is 24.4 Å². The van der Waals surface area contributed by atoms with Gasteiger partial charge in [-0.1, -0.05) is 18.2 Å². The van der Waals surface area contributed by atoms with Crippen molar-refractivity contribution in [3.63, 3.8) is 0 Å². The molecule has 0 amide bonds. The lowest BCUT2D eigenvalue weighted by atomic mass is 9.94. The number of aliphatic hydroxyl groups excluding tert-OH is 1. The molecule has 1 aliphatic carbocycles. The molecule has 3 nitrogen and oxygen atoms in total. The van der Waals surface area contributed by atoms with Crippen LogP contribution in [0.25, 0.3) is 0 Å². The molecule has 0 fully saturated rings. The maximum Gasteiger partial charge on any atom is 0.0826 e. The highest BCUT2D eigenvalue weighted by atomic mass is 16.3. The average molecular weight is 178 g/mol. The number of hydrogen-bond acceptors (Lipinski definition) is 3. The number of aliphatic hydroxyl groups is 1. The minimum Gasteiger partial charge on any atom is -0.400 e. The van der Waals surface area contributed by atoms with E-state index in [9.17, 15) is 0 Å². The van der Waals surface area contributed by atoms with Gasteiger partial charge in [-0.3, -0.25) is 0 Å². The zero-order valence-electron chi connectivity index (χ0n) is 7.64. The van der Waals surface area contributed by atoms with Crippen molar-refractivity contribution in [3.05, 3.63) is 35.7 Å². The van der Waals surface area contributed by atoms with E-state index >= 15 is 0 Å². The Hall–Kier alpha value is -1.22. The van der Waals surface area contributed by atoms with Gasteiger partial charge in [0.1, 0.15) is 0 Å². The first-order valence-electron chi connectivity index (χ1n) is 4.42. The molecule has 2 atom stereocenters. The summed E-state index contributed by atoms with van der Waals surface area (Å²) in [6, 6.07) is 0.215. The van der Waals surface area contributed by atoms with E-state index in [1.165, 1.54) is 0 Å². The summed E-state index contributed by atoms with van der Waals surface area (Å²) in [5.74, 6) is 0.331. The van der Waals surface area contributed by atoms with Crippen LogP contribution in [0.1, 0.15) is 0 Å². The van der Waals surface area contributed by atoms with Crippen molar-refractivity contribution in [3.8, 4) is 0 Å². The zero-order chi connectivity index (χ0) is 9.42. The summed E-state index contributed by atoms with van der Waals surface area (Å²) in [4.78, 5) is 2.04. The minimum absolute atomic E-state index is 0.0879. The topological polar surface area (TPSA) is 49.5 Å². The Morgan fingerprint density at radius 3 is 3.00 bits per heavy atom. The SMILES string of the molecule is CN1C(CO)=CC2C=CC=C(N)C21. The molecule has 2 unspecified atom stereocenters. The highest BCUT2D eigenvalue weighted by molar-refractivity contribution is 5.33. The van der Waals surface area contributed by atoms with Crippen LogP contribution in [0.3, 0.4) is 0 Å². The molecule has 0 aromatic carbocycles. The Labute approximate surface area is 77.8 Å². The fourth-order valence-corrected chi connectivity index (χ4v) is 2.03. The van der Waals surface area contributed by atoms with E-state index in [1.807, 2.05) is 24.1 Å². The van der Waals surface area contributed by atoms with Crippen molar-refractivity contribution in [2.24, 2.45) is 11.7 Å². The molecule has 1 heterocycles. The van der Waals surface area contributed by atoms with Crippen molar-refractivity contribution in [2.75, 3.05) is 13.7 Å². The van der Waals surface area contributed by atoms with E-state index in [1.54, 1.807) is 0 Å². The number of nitrogens with zero attached hydrogens (tertiary/aromatic N) is 1. The van der Waals surface area contributed by atoms with Crippen molar-refractivity contribution < 1.29 is 5.11 Å². The number of nitrogens with two attached hydrogens (primary N) is 1. The maximum atomic E-state index is 9.08. The van der Waals surface area contributed by atoms with E-state index in [4.69, 9.17) is 10.8 Å². The second-order valence-corrected chi connectivity index (χ2v) is 3.50. The van der Waals surface area contributed by atoms with Gasteiger partial charge in [-0.05, 0) is 6.08 Å². The molecule has 0 aromatic heterocycles. The van der Waals surface area contributed by atoms with Gasteiger partial charge in [-0.15, -0.1) is 0 Å². The van der Waals surface area contributed by atoms with E-state index < -0.39 is 0 Å². The fraction of sp³-hybridized carbons (Fsp3) is 0.400. The van der Waals surface area contributed by atoms with Crippen LogP contribution < -0.4 is 5.73 Å². The fourth-order valence-electron chi connectivity index (χ4n) is 2.03. The summed E-state index contributed by atoms with van der Waals surface area (Å²) in [7, 11) is 1.96. The van der Waals surface area contributed by atoms with E-state index in [-0.39, 0.29) is 12.6 Å². The third-order valence-corrected chi connectivity index (χ3v) is 2.75. The molecule has 3 N–H and O–H groups in total. The van der Waals surface area contributed by atoms with Crippen LogP contribution in [-0.4, -0.2) is 29.7 Å². The number of hydrogen-bond donors (Lipinski definition) is 2. The second-order valence-electron chi connectivity index (χ2n) is 3.50. The van der Waals surface area contributed by atoms with Gasteiger partial charge in [-0.25, -0.2) is 0 Å². The summed E-state index contributed by atoms with van der Waals surface area (Å²) in [6.07, 6.45) is 8.08. The molecular formula is C10H14N2O. The predicted octanol–water partition coefficient (Wildman–Crippen LogP) is 0.205. The van der Waals surface area contributed by atoms with Gasteiger partial charge in [0.15, 0.2) is 0 Å². The standard InChI is InChI=1S/C10H14N2O/c1-12-8(6-13)5-7-3-2-4-9(11)10(7)12/h2-5,7,10,13H,6,11H2,1H3. The van der Waals surface area contributed by atoms with Crippen LogP contribution in [0, 0.1) is 5.92 Å². The predicted molar refractivity (Wildman–Crippen MR) is 51.6 cm³/mol. The number of fused-ring (bicyclic) bond motifs is 1. The highest BCUT2D eigenvalue weighted by Crippen LogP contribution is 2.31. The Kier molecular flexibility index (Phi) is 1.88. The van der Waals surface area contributed by atoms with Gasteiger partial charge in [0.2, 0.25) is 0 Å². The molecule has 2 aliphatic rings. The van der Waals surface area contributed by atoms with Gasteiger partial charge in [0.25, 0.3) is 0 Å². The van der Waals surface area contributed by atoms with Crippen LogP contribution in [0.15, 0.2) is 35.7 Å². The molecule has 0 saturated carbocycles. The third kappa shape index (κ3) is 1.16. The second kappa shape index (κ2) is 2.92. The van der Waals surface area contributed by atoms with Crippen molar-refractivity contribution in [1.29, 1.82) is 0 Å². The summed E-state index contributed by atoms with van der Waals surface area (Å²) >= 11 is 0. The zero-order valence-corrected chi connectivity index (χ0v) is 7.64. The third-order valence-electron chi connectivity index (χ3n) is 2.75. The summed E-state index contributed by atoms with van der Waals surface area (Å²) in [5, 5.41) is 9.08. The molecule has 13 heavy (non-hydrogen) atoms. The number of rotatable bonds is 1. The van der Waals surface area contributed by atoms with Crippen molar-refractivity contribution in [1.82, 2.24) is 4.90 Å². The molecule has 70 valence electrons. The van der Waals surface area contributed by atoms with Crippen molar-refractivity contribution in [2.45, 2.75) is 6.04 Å². The number of allylic oxidation sites excluding steroid dienone is 2. The molecular weight excluding hydrogens is 164 g/mol. The van der Waals surface area contributed by atoms with Crippen LogP contribution in [-0.2, 0) is 0 Å². The molecule has 2 rings (SSSR count). The molecule has 0 saturated heterocycles. The molecule has 0 aromatic rings. The lowest BCUT2D eigenvalue weighted by Gasteiger charge is -2.29. The van der Waals surface area contributed by atoms with E-state index in [2.05, 4.69) is 12.2 Å². The smallest absolute Gasteiger partial charge is 0.0826 e. The highest BCUT2D eigenvalue weighted by Gasteiger charge is 2.32. The Balaban J connectivity index is 2.30. The van der Waals surface area contributed by atoms with E-state index in [0.717, 1.165) is 11.4 Å². The molecule has 3 heteroatoms. The van der Waals surface area contributed by atoms with Crippen LogP contribution >= 0.6 is 0 Å². The van der Waals surface area contributed by atoms with Crippen molar-refractivity contribution >= 4 is 0 Å². The summed E-state index contributed by atoms with van der Waals surface area (Å²) < 4.78 is 0. The summed E-state index contributed by atoms with van der Waals surface area (Å²) in [5.41, 5.74) is 7.71. The Morgan fingerprint density at radius 1 is 1.62 bits per heavy atom. The Morgan fingerprint density at radius 2 is 2.38 bits per heavy atom. The van der Waals surface area contributed by atoms with Gasteiger partial charge in [0.05, 0.1) is 12.6 Å². The first-order valence-corrected chi connectivity index (χ1v) is 4.42. The number of likely N-dealkylation sites (N-methyl/N-ethyl adjacent to an activating group) is 1. The van der Waals surface area contributed by atoms with Crippen LogP contribution in [0.2, 0.25) is 0 Å². The van der Waals surface area contributed by atoms with Crippen LogP contribution in [0.5, 0.6) is 0 Å². The quantitative estimate of drug-likeness (QED) is 0.603. The average Bonchev–Trinajstić information content (AvgIpc) is 2.44. The molecule has 0 bridgehead atoms. The van der Waals surface area contributed by atoms with Gasteiger partial charge in [-0.2, -0.15) is 0 Å². The molecule has 1 aliphatic heterocycles. The Bertz CT molecular complexity index is 304. The van der Waals surface area contributed by atoms with Crippen LogP contribution in [0.4, 0.5) is 0 Å². The summed E-state index contributed by atoms with van der Waals surface area (Å²) in [6.45, 7) is 0.0879. The minimum atomic E-state index is 0.0879. The monoisotopic (exact) mass is 178 g/mol. The van der Waals surface area contributed by atoms with Gasteiger partial charge >= 0.3 is 0 Å². The first-order chi connectivity index (χ1) is 6.24. The lowest BCUT2D eigenvalue weighted by Crippen LogP contribution is -2.36.